The molecule has 4 atom stereocenters. The lowest BCUT2D eigenvalue weighted by molar-refractivity contribution is -0.142. The first-order valence-electron chi connectivity index (χ1n) is 12.8. The first-order chi connectivity index (χ1) is 17.0. The third kappa shape index (κ3) is 12.6. The Hall–Kier alpha value is -2.36. The van der Waals surface area contributed by atoms with Crippen molar-refractivity contribution in [3.05, 3.63) is 23.8 Å². The van der Waals surface area contributed by atoms with E-state index >= 15 is 0 Å². The lowest BCUT2D eigenvalue weighted by Gasteiger charge is -2.28. The molecule has 5 N–H and O–H groups in total. The minimum absolute atomic E-state index is 0.116. The quantitative estimate of drug-likeness (QED) is 0.192. The highest BCUT2D eigenvalue weighted by molar-refractivity contribution is 5.69. The number of hydrogen-bond acceptors (Lipinski definition) is 7. The zero-order valence-electron chi connectivity index (χ0n) is 22.2. The maximum absolute atomic E-state index is 11.1. The molecule has 0 saturated heterocycles. The molecule has 0 radical (unpaired) electrons. The minimum atomic E-state index is -0.941. The molecule has 1 rings (SSSR count). The van der Waals surface area contributed by atoms with Gasteiger partial charge in [-0.25, -0.2) is 0 Å². The van der Waals surface area contributed by atoms with E-state index in [1.54, 1.807) is 14.0 Å². The SMILES string of the molecule is COCCCOc1cc(CC(CC(N)C(O)CC(C)C(=O)O)C(C)C)ccc1OCCCCC(=O)O. The summed E-state index contributed by atoms with van der Waals surface area (Å²) in [7, 11) is 1.64. The topological polar surface area (TPSA) is 149 Å². The predicted octanol–water partition coefficient (Wildman–Crippen LogP) is 3.74. The second-order valence-electron chi connectivity index (χ2n) is 9.83. The van der Waals surface area contributed by atoms with Gasteiger partial charge >= 0.3 is 11.9 Å². The summed E-state index contributed by atoms with van der Waals surface area (Å²) >= 11 is 0. The number of aliphatic carboxylic acids is 2. The number of aliphatic hydroxyl groups is 1. The number of carboxylic acid groups (broad SMARTS) is 2. The van der Waals surface area contributed by atoms with Gasteiger partial charge in [0.25, 0.3) is 0 Å². The molecular weight excluding hydrogens is 466 g/mol. The van der Waals surface area contributed by atoms with Crippen LogP contribution in [0, 0.1) is 17.8 Å². The Bertz CT molecular complexity index is 785. The molecule has 9 nitrogen and oxygen atoms in total. The van der Waals surface area contributed by atoms with E-state index in [2.05, 4.69) is 13.8 Å². The van der Waals surface area contributed by atoms with Crippen LogP contribution in [-0.4, -0.2) is 66.3 Å². The Balaban J connectivity index is 2.87. The molecular formula is C27H45NO8. The first-order valence-corrected chi connectivity index (χ1v) is 12.8. The molecule has 0 saturated carbocycles. The van der Waals surface area contributed by atoms with Crippen LogP contribution in [0.2, 0.25) is 0 Å². The number of ether oxygens (including phenoxy) is 3. The van der Waals surface area contributed by atoms with E-state index in [0.717, 1.165) is 18.4 Å². The number of rotatable bonds is 20. The van der Waals surface area contributed by atoms with Gasteiger partial charge in [0, 0.05) is 32.6 Å². The Morgan fingerprint density at radius 2 is 1.61 bits per heavy atom. The van der Waals surface area contributed by atoms with Crippen molar-refractivity contribution in [2.75, 3.05) is 26.9 Å². The van der Waals surface area contributed by atoms with Gasteiger partial charge in [0.2, 0.25) is 0 Å². The minimum Gasteiger partial charge on any atom is -0.490 e. The van der Waals surface area contributed by atoms with Crippen LogP contribution in [0.5, 0.6) is 11.5 Å². The third-order valence-electron chi connectivity index (χ3n) is 6.33. The van der Waals surface area contributed by atoms with Crippen molar-refractivity contribution in [2.45, 2.75) is 77.9 Å². The molecule has 0 aliphatic rings. The molecule has 0 amide bonds. The van der Waals surface area contributed by atoms with Gasteiger partial charge in [0.15, 0.2) is 11.5 Å². The summed E-state index contributed by atoms with van der Waals surface area (Å²) < 4.78 is 17.0. The molecule has 0 aliphatic carbocycles. The summed E-state index contributed by atoms with van der Waals surface area (Å²) in [5.41, 5.74) is 7.32. The van der Waals surface area contributed by atoms with Crippen LogP contribution >= 0.6 is 0 Å². The van der Waals surface area contributed by atoms with E-state index in [9.17, 15) is 14.7 Å². The molecule has 0 bridgehead atoms. The fourth-order valence-electron chi connectivity index (χ4n) is 3.90. The number of methoxy groups -OCH3 is 1. The molecule has 0 fully saturated rings. The lowest BCUT2D eigenvalue weighted by atomic mass is 9.82. The van der Waals surface area contributed by atoms with E-state index in [0.29, 0.717) is 56.5 Å². The van der Waals surface area contributed by atoms with Gasteiger partial charge in [-0.2, -0.15) is 0 Å². The van der Waals surface area contributed by atoms with Crippen LogP contribution in [-0.2, 0) is 20.7 Å². The number of unbranched alkanes of at least 4 members (excludes halogenated alkanes) is 1. The smallest absolute Gasteiger partial charge is 0.306 e. The average Bonchev–Trinajstić information content (AvgIpc) is 2.81. The highest BCUT2D eigenvalue weighted by atomic mass is 16.5. The van der Waals surface area contributed by atoms with E-state index in [4.69, 9.17) is 30.2 Å². The van der Waals surface area contributed by atoms with Crippen molar-refractivity contribution in [3.63, 3.8) is 0 Å². The number of benzene rings is 1. The largest absolute Gasteiger partial charge is 0.490 e. The highest BCUT2D eigenvalue weighted by Crippen LogP contribution is 2.32. The molecule has 0 heterocycles. The maximum Gasteiger partial charge on any atom is 0.306 e. The van der Waals surface area contributed by atoms with Crippen LogP contribution < -0.4 is 15.2 Å². The van der Waals surface area contributed by atoms with Crippen LogP contribution in [0.4, 0.5) is 0 Å². The number of hydrogen-bond donors (Lipinski definition) is 4. The summed E-state index contributed by atoms with van der Waals surface area (Å²) in [5, 5.41) is 28.3. The van der Waals surface area contributed by atoms with Crippen LogP contribution in [0.15, 0.2) is 18.2 Å². The summed E-state index contributed by atoms with van der Waals surface area (Å²) in [4.78, 5) is 21.8. The summed E-state index contributed by atoms with van der Waals surface area (Å²) in [5.74, 6) is -0.687. The van der Waals surface area contributed by atoms with Gasteiger partial charge in [0.1, 0.15) is 0 Å². The van der Waals surface area contributed by atoms with Crippen LogP contribution in [0.1, 0.15) is 64.9 Å². The highest BCUT2D eigenvalue weighted by Gasteiger charge is 2.26. The number of nitrogens with two attached hydrogens (primary N) is 1. The van der Waals surface area contributed by atoms with E-state index in [1.165, 1.54) is 0 Å². The van der Waals surface area contributed by atoms with Crippen LogP contribution in [0.25, 0.3) is 0 Å². The van der Waals surface area contributed by atoms with E-state index in [1.807, 2.05) is 18.2 Å². The van der Waals surface area contributed by atoms with E-state index in [-0.39, 0.29) is 18.8 Å². The van der Waals surface area contributed by atoms with Gasteiger partial charge in [-0.1, -0.05) is 26.8 Å². The van der Waals surface area contributed by atoms with Crippen molar-refractivity contribution in [1.82, 2.24) is 0 Å². The lowest BCUT2D eigenvalue weighted by Crippen LogP contribution is -2.39. The molecule has 36 heavy (non-hydrogen) atoms. The zero-order valence-corrected chi connectivity index (χ0v) is 22.2. The molecule has 1 aromatic carbocycles. The standard InChI is InChI=1S/C27H45NO8/c1-18(2)21(17-22(28)23(29)14-19(3)27(32)33)15-20-9-10-24(35-12-6-5-8-26(30)31)25(16-20)36-13-7-11-34-4/h9-10,16,18-19,21-23,29H,5-8,11-15,17,28H2,1-4H3,(H,30,31)(H,32,33). The predicted molar refractivity (Wildman–Crippen MR) is 137 cm³/mol. The molecule has 0 aromatic heterocycles. The second-order valence-corrected chi connectivity index (χ2v) is 9.83. The van der Waals surface area contributed by atoms with Gasteiger partial charge in [-0.05, 0) is 61.6 Å². The molecule has 0 spiro atoms. The Labute approximate surface area is 214 Å². The monoisotopic (exact) mass is 511 g/mol. The normalized spacial score (nSPS) is 14.8. The number of carboxylic acids is 2. The van der Waals surface area contributed by atoms with Gasteiger partial charge in [-0.3, -0.25) is 9.59 Å². The van der Waals surface area contributed by atoms with Crippen molar-refractivity contribution in [3.8, 4) is 11.5 Å². The number of carbonyl (C=O) groups is 2. The third-order valence-corrected chi connectivity index (χ3v) is 6.33. The maximum atomic E-state index is 11.1. The van der Waals surface area contributed by atoms with Crippen molar-refractivity contribution >= 4 is 11.9 Å². The van der Waals surface area contributed by atoms with Crippen molar-refractivity contribution in [1.29, 1.82) is 0 Å². The molecule has 0 aliphatic heterocycles. The molecule has 1 aromatic rings. The summed E-state index contributed by atoms with van der Waals surface area (Å²) in [6.45, 7) is 7.25. The molecule has 4 unspecified atom stereocenters. The zero-order chi connectivity index (χ0) is 27.1. The second kappa shape index (κ2) is 17.2. The molecule has 206 valence electrons. The van der Waals surface area contributed by atoms with Gasteiger partial charge < -0.3 is 35.3 Å². The van der Waals surface area contributed by atoms with Crippen LogP contribution in [0.3, 0.4) is 0 Å². The Kier molecular flexibility index (Phi) is 15.1. The summed E-state index contributed by atoms with van der Waals surface area (Å²) in [6, 6.07) is 5.30. The Morgan fingerprint density at radius 1 is 0.944 bits per heavy atom. The summed E-state index contributed by atoms with van der Waals surface area (Å²) in [6.07, 6.45) is 2.56. The molecule has 9 heteroatoms. The fraction of sp³-hybridized carbons (Fsp3) is 0.704. The fourth-order valence-corrected chi connectivity index (χ4v) is 3.90. The van der Waals surface area contributed by atoms with E-state index < -0.39 is 30.0 Å². The van der Waals surface area contributed by atoms with Gasteiger partial charge in [-0.15, -0.1) is 0 Å². The van der Waals surface area contributed by atoms with Crippen molar-refractivity contribution in [2.24, 2.45) is 23.5 Å². The Morgan fingerprint density at radius 3 is 2.22 bits per heavy atom. The average molecular weight is 512 g/mol. The number of aliphatic hydroxyl groups excluding tert-OH is 1. The first kappa shape index (κ1) is 31.7. The van der Waals surface area contributed by atoms with Gasteiger partial charge in [0.05, 0.1) is 25.2 Å². The van der Waals surface area contributed by atoms with Crippen molar-refractivity contribution < 1.29 is 39.1 Å².